The molecule has 0 heterocycles. The topological polar surface area (TPSA) is 20.3 Å². The lowest BCUT2D eigenvalue weighted by atomic mass is 10.2. The van der Waals surface area contributed by atoms with Crippen molar-refractivity contribution in [2.75, 3.05) is 18.5 Å². The molecule has 3 heteroatoms. The molecule has 0 aliphatic heterocycles. The first kappa shape index (κ1) is 12.1. The van der Waals surface area contributed by atoms with Crippen molar-refractivity contribution in [3.05, 3.63) is 28.8 Å². The van der Waals surface area contributed by atoms with Gasteiger partial charge in [0.1, 0.15) is 5.78 Å². The second-order valence-corrected chi connectivity index (χ2v) is 4.24. The van der Waals surface area contributed by atoms with E-state index in [1.165, 1.54) is 0 Å². The number of aryl methyl sites for hydroxylation is 1. The fourth-order valence-electron chi connectivity index (χ4n) is 1.49. The van der Waals surface area contributed by atoms with Crippen molar-refractivity contribution in [2.24, 2.45) is 0 Å². The minimum absolute atomic E-state index is 0.216. The molecule has 0 saturated carbocycles. The van der Waals surface area contributed by atoms with E-state index in [0.717, 1.165) is 22.8 Å². The molecular formula is C12H16ClNO. The predicted octanol–water partition coefficient (Wildman–Crippen LogP) is 3.06. The summed E-state index contributed by atoms with van der Waals surface area (Å²) in [6.45, 7) is 4.38. The van der Waals surface area contributed by atoms with Crippen LogP contribution in [-0.4, -0.2) is 19.4 Å². The number of ketones is 1. The molecule has 15 heavy (non-hydrogen) atoms. The SMILES string of the molecule is CC(=O)CCN(C)c1ccc(Cl)cc1C. The van der Waals surface area contributed by atoms with E-state index in [4.69, 9.17) is 11.6 Å². The third-order valence-corrected chi connectivity index (χ3v) is 2.60. The number of halogens is 1. The first-order valence-electron chi connectivity index (χ1n) is 4.97. The molecule has 0 saturated heterocycles. The van der Waals surface area contributed by atoms with Crippen molar-refractivity contribution in [3.8, 4) is 0 Å². The molecule has 0 N–H and O–H groups in total. The fraction of sp³-hybridized carbons (Fsp3) is 0.417. The van der Waals surface area contributed by atoms with Crippen LogP contribution < -0.4 is 4.90 Å². The van der Waals surface area contributed by atoms with Crippen LogP contribution in [0.25, 0.3) is 0 Å². The Labute approximate surface area is 95.8 Å². The van der Waals surface area contributed by atoms with Crippen molar-refractivity contribution in [1.29, 1.82) is 0 Å². The number of benzene rings is 1. The highest BCUT2D eigenvalue weighted by Crippen LogP contribution is 2.22. The van der Waals surface area contributed by atoms with Gasteiger partial charge in [-0.1, -0.05) is 11.6 Å². The molecule has 0 aliphatic carbocycles. The zero-order chi connectivity index (χ0) is 11.4. The molecule has 0 radical (unpaired) electrons. The Balaban J connectivity index is 2.73. The molecule has 82 valence electrons. The summed E-state index contributed by atoms with van der Waals surface area (Å²) in [6, 6.07) is 5.78. The van der Waals surface area contributed by atoms with Crippen LogP contribution in [0.2, 0.25) is 5.02 Å². The van der Waals surface area contributed by atoms with Crippen LogP contribution in [0.1, 0.15) is 18.9 Å². The Hall–Kier alpha value is -1.02. The number of nitrogens with zero attached hydrogens (tertiary/aromatic N) is 1. The van der Waals surface area contributed by atoms with Crippen molar-refractivity contribution in [3.63, 3.8) is 0 Å². The lowest BCUT2D eigenvalue weighted by Crippen LogP contribution is -2.21. The Morgan fingerprint density at radius 1 is 1.47 bits per heavy atom. The van der Waals surface area contributed by atoms with Gasteiger partial charge in [0.25, 0.3) is 0 Å². The molecular weight excluding hydrogens is 210 g/mol. The van der Waals surface area contributed by atoms with E-state index in [0.29, 0.717) is 6.42 Å². The van der Waals surface area contributed by atoms with Gasteiger partial charge in [-0.2, -0.15) is 0 Å². The van der Waals surface area contributed by atoms with Crippen molar-refractivity contribution in [2.45, 2.75) is 20.3 Å². The molecule has 0 unspecified atom stereocenters. The average Bonchev–Trinajstić information content (AvgIpc) is 2.14. The van der Waals surface area contributed by atoms with Crippen LogP contribution in [0, 0.1) is 6.92 Å². The summed E-state index contributed by atoms with van der Waals surface area (Å²) >= 11 is 5.88. The third-order valence-electron chi connectivity index (χ3n) is 2.37. The Bertz CT molecular complexity index is 363. The lowest BCUT2D eigenvalue weighted by Gasteiger charge is -2.20. The zero-order valence-electron chi connectivity index (χ0n) is 9.38. The van der Waals surface area contributed by atoms with Crippen LogP contribution in [0.4, 0.5) is 5.69 Å². The van der Waals surface area contributed by atoms with Gasteiger partial charge in [-0.15, -0.1) is 0 Å². The van der Waals surface area contributed by atoms with Gasteiger partial charge in [0.2, 0.25) is 0 Å². The van der Waals surface area contributed by atoms with Gasteiger partial charge in [-0.25, -0.2) is 0 Å². The molecule has 0 spiro atoms. The molecule has 0 amide bonds. The number of Topliss-reactive ketones (excluding diaryl/α,β-unsaturated/α-hetero) is 1. The summed E-state index contributed by atoms with van der Waals surface area (Å²) in [5.41, 5.74) is 2.26. The summed E-state index contributed by atoms with van der Waals surface area (Å²) in [4.78, 5) is 12.9. The summed E-state index contributed by atoms with van der Waals surface area (Å²) in [7, 11) is 1.99. The smallest absolute Gasteiger partial charge is 0.131 e. The normalized spacial score (nSPS) is 10.1. The number of carbonyl (C=O) groups is 1. The second-order valence-electron chi connectivity index (χ2n) is 3.80. The Morgan fingerprint density at radius 2 is 2.13 bits per heavy atom. The summed E-state index contributed by atoms with van der Waals surface area (Å²) < 4.78 is 0. The first-order valence-corrected chi connectivity index (χ1v) is 5.35. The lowest BCUT2D eigenvalue weighted by molar-refractivity contribution is -0.116. The molecule has 0 aromatic heterocycles. The molecule has 2 nitrogen and oxygen atoms in total. The minimum Gasteiger partial charge on any atom is -0.374 e. The monoisotopic (exact) mass is 225 g/mol. The number of hydrogen-bond donors (Lipinski definition) is 0. The third kappa shape index (κ3) is 3.56. The van der Waals surface area contributed by atoms with Gasteiger partial charge >= 0.3 is 0 Å². The molecule has 0 atom stereocenters. The Kier molecular flexibility index (Phi) is 4.15. The molecule has 0 fully saturated rings. The number of hydrogen-bond acceptors (Lipinski definition) is 2. The van der Waals surface area contributed by atoms with Crippen molar-refractivity contribution >= 4 is 23.1 Å². The molecule has 1 aromatic rings. The van der Waals surface area contributed by atoms with E-state index >= 15 is 0 Å². The van der Waals surface area contributed by atoms with Crippen molar-refractivity contribution < 1.29 is 4.79 Å². The van der Waals surface area contributed by atoms with Crippen LogP contribution >= 0.6 is 11.6 Å². The maximum atomic E-state index is 10.9. The molecule has 0 bridgehead atoms. The van der Waals surface area contributed by atoms with Gasteiger partial charge in [0.05, 0.1) is 0 Å². The van der Waals surface area contributed by atoms with E-state index in [1.807, 2.05) is 32.2 Å². The first-order chi connectivity index (χ1) is 7.00. The second kappa shape index (κ2) is 5.17. The van der Waals surface area contributed by atoms with Gasteiger partial charge in [-0.3, -0.25) is 4.79 Å². The van der Waals surface area contributed by atoms with Crippen LogP contribution in [0.15, 0.2) is 18.2 Å². The summed E-state index contributed by atoms with van der Waals surface area (Å²) in [5.74, 6) is 0.216. The number of rotatable bonds is 4. The van der Waals surface area contributed by atoms with Gasteiger partial charge in [0, 0.05) is 30.7 Å². The summed E-state index contributed by atoms with van der Waals surface area (Å²) in [6.07, 6.45) is 0.582. The van der Waals surface area contributed by atoms with E-state index in [9.17, 15) is 4.79 Å². The largest absolute Gasteiger partial charge is 0.374 e. The number of anilines is 1. The van der Waals surface area contributed by atoms with Crippen LogP contribution in [0.5, 0.6) is 0 Å². The quantitative estimate of drug-likeness (QED) is 0.785. The number of carbonyl (C=O) groups excluding carboxylic acids is 1. The predicted molar refractivity (Wildman–Crippen MR) is 64.8 cm³/mol. The van der Waals surface area contributed by atoms with E-state index in [2.05, 4.69) is 4.90 Å². The maximum Gasteiger partial charge on any atom is 0.131 e. The molecule has 1 rings (SSSR count). The van der Waals surface area contributed by atoms with Crippen molar-refractivity contribution in [1.82, 2.24) is 0 Å². The highest BCUT2D eigenvalue weighted by molar-refractivity contribution is 6.30. The highest BCUT2D eigenvalue weighted by Gasteiger charge is 2.05. The summed E-state index contributed by atoms with van der Waals surface area (Å²) in [5, 5.41) is 0.746. The van der Waals surface area contributed by atoms with E-state index < -0.39 is 0 Å². The van der Waals surface area contributed by atoms with Gasteiger partial charge < -0.3 is 4.90 Å². The fourth-order valence-corrected chi connectivity index (χ4v) is 1.72. The standard InChI is InChI=1S/C12H16ClNO/c1-9-8-11(13)4-5-12(9)14(3)7-6-10(2)15/h4-5,8H,6-7H2,1-3H3. The van der Waals surface area contributed by atoms with E-state index in [1.54, 1.807) is 6.92 Å². The minimum atomic E-state index is 0.216. The van der Waals surface area contributed by atoms with Gasteiger partial charge in [0.15, 0.2) is 0 Å². The average molecular weight is 226 g/mol. The zero-order valence-corrected chi connectivity index (χ0v) is 10.1. The van der Waals surface area contributed by atoms with Gasteiger partial charge in [-0.05, 0) is 37.6 Å². The van der Waals surface area contributed by atoms with Crippen LogP contribution in [-0.2, 0) is 4.79 Å². The van der Waals surface area contributed by atoms with Crippen LogP contribution in [0.3, 0.4) is 0 Å². The Morgan fingerprint density at radius 3 is 2.67 bits per heavy atom. The molecule has 1 aromatic carbocycles. The highest BCUT2D eigenvalue weighted by atomic mass is 35.5. The maximum absolute atomic E-state index is 10.9. The van der Waals surface area contributed by atoms with E-state index in [-0.39, 0.29) is 5.78 Å². The molecule has 0 aliphatic rings.